The van der Waals surface area contributed by atoms with Crippen molar-refractivity contribution in [3.05, 3.63) is 44.9 Å². The number of carbonyl (C=O) groups excluding carboxylic acids is 1. The van der Waals surface area contributed by atoms with E-state index >= 15 is 0 Å². The molecule has 1 aromatic heterocycles. The zero-order valence-corrected chi connectivity index (χ0v) is 26.1. The van der Waals surface area contributed by atoms with Gasteiger partial charge in [0.1, 0.15) is 4.70 Å². The summed E-state index contributed by atoms with van der Waals surface area (Å²) >= 11 is 15.5. The number of nitrogens with zero attached hydrogens (tertiary/aromatic N) is 2. The maximum absolute atomic E-state index is 12.5. The van der Waals surface area contributed by atoms with E-state index in [1.807, 2.05) is 28.7 Å². The van der Waals surface area contributed by atoms with E-state index in [1.165, 1.54) is 15.9 Å². The van der Waals surface area contributed by atoms with Crippen molar-refractivity contribution in [3.8, 4) is 0 Å². The average Bonchev–Trinajstić information content (AvgIpc) is 3.30. The number of nitrogens with one attached hydrogen (secondary N) is 1. The quantitative estimate of drug-likeness (QED) is 0.257. The second-order valence-corrected chi connectivity index (χ2v) is 16.6. The summed E-state index contributed by atoms with van der Waals surface area (Å²) in [5.41, 5.74) is 1.40. The van der Waals surface area contributed by atoms with Crippen LogP contribution in [0.2, 0.25) is 5.02 Å². The molecule has 0 radical (unpaired) electrons. The Hall–Kier alpha value is -1.35. The number of sulfonamides is 1. The van der Waals surface area contributed by atoms with E-state index in [0.29, 0.717) is 28.5 Å². The summed E-state index contributed by atoms with van der Waals surface area (Å²) in [5, 5.41) is 1.94. The SMILES string of the molecule is CCC(/C=C1\SC2(CCC(Cl)CC2)CN1CC(=O)NS(C)(=O)=O)=C\c1sc2ccc(Cl)cc2[n+]1CS(=O)(=O)[O-]. The molecule has 4 rings (SSSR count). The zero-order valence-electron chi connectivity index (χ0n) is 21.4. The molecule has 2 fully saturated rings. The number of hydrogen-bond acceptors (Lipinski definition) is 9. The van der Waals surface area contributed by atoms with Gasteiger partial charge >= 0.3 is 0 Å². The lowest BCUT2D eigenvalue weighted by molar-refractivity contribution is -0.649. The lowest BCUT2D eigenvalue weighted by Crippen LogP contribution is -2.41. The minimum Gasteiger partial charge on any atom is -0.743 e. The molecule has 9 nitrogen and oxygen atoms in total. The molecular weight excluding hydrogens is 625 g/mol. The maximum atomic E-state index is 12.5. The summed E-state index contributed by atoms with van der Waals surface area (Å²) in [5.74, 6) is -1.35. The molecule has 1 N–H and O–H groups in total. The highest BCUT2D eigenvalue weighted by atomic mass is 35.5. The second kappa shape index (κ2) is 11.9. The first-order chi connectivity index (χ1) is 18.2. The van der Waals surface area contributed by atoms with Crippen LogP contribution in [0.5, 0.6) is 0 Å². The van der Waals surface area contributed by atoms with Gasteiger partial charge in [-0.15, -0.1) is 11.6 Å². The fourth-order valence-corrected chi connectivity index (χ4v) is 9.05. The molecule has 39 heavy (non-hydrogen) atoms. The summed E-state index contributed by atoms with van der Waals surface area (Å²) < 4.78 is 62.5. The third-order valence-electron chi connectivity index (χ3n) is 6.58. The lowest BCUT2D eigenvalue weighted by Gasteiger charge is -2.33. The van der Waals surface area contributed by atoms with Gasteiger partial charge in [-0.3, -0.25) is 9.52 Å². The van der Waals surface area contributed by atoms with E-state index in [1.54, 1.807) is 30.0 Å². The third-order valence-corrected chi connectivity index (χ3v) is 11.1. The van der Waals surface area contributed by atoms with Crippen molar-refractivity contribution in [1.29, 1.82) is 0 Å². The Kier molecular flexibility index (Phi) is 9.31. The summed E-state index contributed by atoms with van der Waals surface area (Å²) in [6.45, 7) is 2.42. The van der Waals surface area contributed by atoms with Gasteiger partial charge in [-0.05, 0) is 55.9 Å². The number of aromatic nitrogens is 1. The number of amides is 1. The highest BCUT2D eigenvalue weighted by molar-refractivity contribution is 8.04. The molecule has 1 aromatic carbocycles. The van der Waals surface area contributed by atoms with E-state index < -0.39 is 31.9 Å². The molecule has 214 valence electrons. The monoisotopic (exact) mass is 653 g/mol. The van der Waals surface area contributed by atoms with Crippen LogP contribution in [0.15, 0.2) is 34.9 Å². The first-order valence-electron chi connectivity index (χ1n) is 12.2. The van der Waals surface area contributed by atoms with Crippen LogP contribution in [0.3, 0.4) is 0 Å². The number of carbonyl (C=O) groups is 1. The van der Waals surface area contributed by atoms with E-state index in [2.05, 4.69) is 0 Å². The normalized spacial score (nSPS) is 23.7. The Bertz CT molecular complexity index is 1540. The molecule has 0 bridgehead atoms. The van der Waals surface area contributed by atoms with Crippen molar-refractivity contribution in [2.45, 2.75) is 55.0 Å². The largest absolute Gasteiger partial charge is 0.743 e. The number of halogens is 2. The molecule has 2 aliphatic rings. The summed E-state index contributed by atoms with van der Waals surface area (Å²) in [7, 11) is -8.28. The number of rotatable bonds is 8. The van der Waals surface area contributed by atoms with Crippen molar-refractivity contribution in [1.82, 2.24) is 9.62 Å². The second-order valence-electron chi connectivity index (χ2n) is 9.84. The van der Waals surface area contributed by atoms with Gasteiger partial charge in [0.05, 0.1) is 17.8 Å². The van der Waals surface area contributed by atoms with E-state index in [0.717, 1.165) is 47.2 Å². The molecule has 15 heteroatoms. The van der Waals surface area contributed by atoms with E-state index in [9.17, 15) is 26.2 Å². The van der Waals surface area contributed by atoms with Crippen LogP contribution < -0.4 is 9.29 Å². The van der Waals surface area contributed by atoms with Gasteiger partial charge < -0.3 is 9.45 Å². The van der Waals surface area contributed by atoms with E-state index in [4.69, 9.17) is 23.2 Å². The first kappa shape index (κ1) is 30.6. The number of fused-ring (bicyclic) bond motifs is 1. The lowest BCUT2D eigenvalue weighted by atomic mass is 9.87. The van der Waals surface area contributed by atoms with Crippen LogP contribution in [-0.4, -0.2) is 61.7 Å². The minimum absolute atomic E-state index is 0.117. The zero-order chi connectivity index (χ0) is 28.6. The van der Waals surface area contributed by atoms with Crippen LogP contribution in [0, 0.1) is 0 Å². The van der Waals surface area contributed by atoms with Gasteiger partial charge in [-0.1, -0.05) is 41.6 Å². The molecule has 2 aromatic rings. The number of allylic oxidation sites excluding steroid dienone is 2. The molecule has 0 atom stereocenters. The molecule has 1 saturated carbocycles. The average molecular weight is 655 g/mol. The van der Waals surface area contributed by atoms with Gasteiger partial charge in [0.25, 0.3) is 10.9 Å². The van der Waals surface area contributed by atoms with Crippen molar-refractivity contribution < 1.29 is 30.7 Å². The summed E-state index contributed by atoms with van der Waals surface area (Å²) in [6.07, 6.45) is 8.78. The topological polar surface area (TPSA) is 128 Å². The maximum Gasteiger partial charge on any atom is 0.263 e. The number of alkyl halides is 1. The van der Waals surface area contributed by atoms with Crippen molar-refractivity contribution in [2.24, 2.45) is 0 Å². The Balaban J connectivity index is 1.73. The number of benzene rings is 1. The standard InChI is InChI=1S/C24H29Cl2N3O6S4/c1-3-16(11-23-29(15-39(33,34)35)19-12-18(26)4-5-20(19)36-23)10-22-28(13-21(30)27-38(2,31)32)14-24(37-22)8-6-17(25)7-9-24/h4-5,10-12,17H,3,6-9,13-15H2,1-2H3,(H-,27,30,33,34,35). The van der Waals surface area contributed by atoms with Gasteiger partial charge in [-0.25, -0.2) is 16.8 Å². The van der Waals surface area contributed by atoms with Gasteiger partial charge in [0, 0.05) is 33.8 Å². The number of thiazole rings is 1. The molecular formula is C24H29Cl2N3O6S4. The van der Waals surface area contributed by atoms with Gasteiger partial charge in [0.2, 0.25) is 21.4 Å². The van der Waals surface area contributed by atoms with Crippen LogP contribution in [0.4, 0.5) is 0 Å². The fraction of sp³-hybridized carbons (Fsp3) is 0.500. The van der Waals surface area contributed by atoms with Crippen LogP contribution in [-0.2, 0) is 30.8 Å². The number of hydrogen-bond donors (Lipinski definition) is 1. The van der Waals surface area contributed by atoms with Gasteiger partial charge in [0.15, 0.2) is 10.1 Å². The van der Waals surface area contributed by atoms with Crippen molar-refractivity contribution in [2.75, 3.05) is 19.3 Å². The van der Waals surface area contributed by atoms with Gasteiger partial charge in [-0.2, -0.15) is 4.57 Å². The third kappa shape index (κ3) is 8.11. The van der Waals surface area contributed by atoms with Crippen LogP contribution in [0.25, 0.3) is 16.3 Å². The Morgan fingerprint density at radius 2 is 1.97 bits per heavy atom. The Labute approximate surface area is 247 Å². The van der Waals surface area contributed by atoms with Crippen LogP contribution >= 0.6 is 46.3 Å². The molecule has 1 aliphatic carbocycles. The van der Waals surface area contributed by atoms with E-state index in [-0.39, 0.29) is 16.7 Å². The smallest absolute Gasteiger partial charge is 0.263 e. The number of thioether (sulfide) groups is 1. The molecule has 1 spiro atoms. The summed E-state index contributed by atoms with van der Waals surface area (Å²) in [6, 6.07) is 5.12. The van der Waals surface area contributed by atoms with Crippen LogP contribution in [0.1, 0.15) is 44.0 Å². The Morgan fingerprint density at radius 1 is 1.28 bits per heavy atom. The Morgan fingerprint density at radius 3 is 2.59 bits per heavy atom. The molecule has 1 aliphatic heterocycles. The molecule has 1 saturated heterocycles. The van der Waals surface area contributed by atoms with Crippen molar-refractivity contribution in [3.63, 3.8) is 0 Å². The van der Waals surface area contributed by atoms with Crippen molar-refractivity contribution >= 4 is 88.6 Å². The first-order valence-corrected chi connectivity index (χ1v) is 18.1. The molecule has 1 amide bonds. The summed E-state index contributed by atoms with van der Waals surface area (Å²) in [4.78, 5) is 14.4. The highest BCUT2D eigenvalue weighted by Gasteiger charge is 2.44. The fourth-order valence-electron chi connectivity index (χ4n) is 4.82. The predicted octanol–water partition coefficient (Wildman–Crippen LogP) is 4.02. The highest BCUT2D eigenvalue weighted by Crippen LogP contribution is 2.51. The minimum atomic E-state index is -4.58. The molecule has 0 unspecified atom stereocenters. The molecule has 2 heterocycles. The predicted molar refractivity (Wildman–Crippen MR) is 156 cm³/mol.